The van der Waals surface area contributed by atoms with Gasteiger partial charge in [-0.15, -0.1) is 0 Å². The second kappa shape index (κ2) is 6.79. The molecule has 0 saturated heterocycles. The number of hydrogen-bond acceptors (Lipinski definition) is 3. The van der Waals surface area contributed by atoms with Crippen LogP contribution in [0.4, 0.5) is 5.69 Å². The van der Waals surface area contributed by atoms with Gasteiger partial charge in [0.2, 0.25) is 0 Å². The Bertz CT molecular complexity index is 791. The summed E-state index contributed by atoms with van der Waals surface area (Å²) < 4.78 is 0. The van der Waals surface area contributed by atoms with Crippen LogP contribution < -0.4 is 5.32 Å². The molecule has 0 aromatic heterocycles. The number of carbonyl (C=O) groups is 1. The van der Waals surface area contributed by atoms with E-state index in [0.717, 1.165) is 5.56 Å². The molecular formula is C17H13ClN2O2. The van der Waals surface area contributed by atoms with E-state index in [4.69, 9.17) is 16.9 Å². The molecule has 0 heterocycles. The number of hydrogen-bond donors (Lipinski definition) is 2. The van der Waals surface area contributed by atoms with Crippen LogP contribution in [-0.4, -0.2) is 11.0 Å². The van der Waals surface area contributed by atoms with Crippen molar-refractivity contribution in [2.24, 2.45) is 0 Å². The molecule has 2 aromatic carbocycles. The monoisotopic (exact) mass is 312 g/mol. The fourth-order valence-electron chi connectivity index (χ4n) is 1.78. The number of phenols is 1. The Labute approximate surface area is 133 Å². The number of nitriles is 1. The summed E-state index contributed by atoms with van der Waals surface area (Å²) in [6.07, 6.45) is 1.33. The minimum atomic E-state index is -0.564. The van der Waals surface area contributed by atoms with Crippen LogP contribution in [0.15, 0.2) is 48.0 Å². The topological polar surface area (TPSA) is 73.1 Å². The zero-order chi connectivity index (χ0) is 16.1. The molecule has 0 saturated carbocycles. The molecule has 0 atom stereocenters. The van der Waals surface area contributed by atoms with Gasteiger partial charge >= 0.3 is 0 Å². The highest BCUT2D eigenvalue weighted by Crippen LogP contribution is 2.22. The maximum Gasteiger partial charge on any atom is 0.266 e. The van der Waals surface area contributed by atoms with Gasteiger partial charge in [-0.1, -0.05) is 35.9 Å². The van der Waals surface area contributed by atoms with Crippen molar-refractivity contribution in [2.45, 2.75) is 6.92 Å². The highest BCUT2D eigenvalue weighted by Gasteiger charge is 2.11. The third-order valence-corrected chi connectivity index (χ3v) is 3.44. The first-order valence-electron chi connectivity index (χ1n) is 6.48. The van der Waals surface area contributed by atoms with Crippen LogP contribution in [0.3, 0.4) is 0 Å². The molecule has 1 amide bonds. The number of phenolic OH excluding ortho intramolecular Hbond substituents is 1. The smallest absolute Gasteiger partial charge is 0.266 e. The summed E-state index contributed by atoms with van der Waals surface area (Å²) in [6, 6.07) is 13.4. The highest BCUT2D eigenvalue weighted by molar-refractivity contribution is 6.31. The average molecular weight is 313 g/mol. The first-order valence-corrected chi connectivity index (χ1v) is 6.86. The number of nitrogens with zero attached hydrogens (tertiary/aromatic N) is 1. The van der Waals surface area contributed by atoms with Crippen molar-refractivity contribution in [2.75, 3.05) is 5.32 Å². The van der Waals surface area contributed by atoms with Crippen LogP contribution in [0.1, 0.15) is 11.1 Å². The molecule has 5 heteroatoms. The van der Waals surface area contributed by atoms with Crippen LogP contribution in [0, 0.1) is 18.3 Å². The first-order chi connectivity index (χ1) is 10.5. The lowest BCUT2D eigenvalue weighted by molar-refractivity contribution is -0.112. The van der Waals surface area contributed by atoms with Crippen molar-refractivity contribution in [1.82, 2.24) is 0 Å². The second-order valence-electron chi connectivity index (χ2n) is 4.65. The van der Waals surface area contributed by atoms with Gasteiger partial charge in [-0.2, -0.15) is 5.26 Å². The van der Waals surface area contributed by atoms with Gasteiger partial charge in [-0.05, 0) is 36.8 Å². The van der Waals surface area contributed by atoms with Crippen molar-refractivity contribution in [3.8, 4) is 11.8 Å². The molecule has 0 unspecified atom stereocenters. The molecule has 2 rings (SSSR count). The normalized spacial score (nSPS) is 10.9. The van der Waals surface area contributed by atoms with Crippen molar-refractivity contribution < 1.29 is 9.90 Å². The maximum absolute atomic E-state index is 12.1. The summed E-state index contributed by atoms with van der Waals surface area (Å²) in [5.74, 6) is -0.563. The van der Waals surface area contributed by atoms with Crippen LogP contribution in [0.5, 0.6) is 5.75 Å². The number of benzene rings is 2. The quantitative estimate of drug-likeness (QED) is 0.667. The molecule has 0 aliphatic carbocycles. The van der Waals surface area contributed by atoms with Crippen LogP contribution in [0.2, 0.25) is 5.02 Å². The van der Waals surface area contributed by atoms with Gasteiger partial charge in [0.05, 0.1) is 0 Å². The van der Waals surface area contributed by atoms with Gasteiger partial charge in [0.1, 0.15) is 17.4 Å². The minimum absolute atomic E-state index is 0.00132. The lowest BCUT2D eigenvalue weighted by atomic mass is 10.1. The highest BCUT2D eigenvalue weighted by atomic mass is 35.5. The summed E-state index contributed by atoms with van der Waals surface area (Å²) in [5, 5.41) is 22.0. The molecular weight excluding hydrogens is 300 g/mol. The molecule has 2 N–H and O–H groups in total. The van der Waals surface area contributed by atoms with Gasteiger partial charge in [-0.3, -0.25) is 4.79 Å². The summed E-state index contributed by atoms with van der Waals surface area (Å²) in [7, 11) is 0. The summed E-state index contributed by atoms with van der Waals surface area (Å²) in [4.78, 5) is 12.1. The second-order valence-corrected chi connectivity index (χ2v) is 5.05. The van der Waals surface area contributed by atoms with E-state index in [-0.39, 0.29) is 11.3 Å². The zero-order valence-corrected chi connectivity index (χ0v) is 12.6. The van der Waals surface area contributed by atoms with Crippen LogP contribution >= 0.6 is 11.6 Å². The van der Waals surface area contributed by atoms with E-state index < -0.39 is 5.91 Å². The Kier molecular flexibility index (Phi) is 4.82. The zero-order valence-electron chi connectivity index (χ0n) is 11.8. The van der Waals surface area contributed by atoms with E-state index in [2.05, 4.69) is 5.32 Å². The molecule has 110 valence electrons. The molecule has 0 spiro atoms. The molecule has 0 fully saturated rings. The molecule has 0 bridgehead atoms. The number of nitrogens with one attached hydrogen (secondary N) is 1. The van der Waals surface area contributed by atoms with Gasteiger partial charge < -0.3 is 10.4 Å². The molecule has 0 aliphatic rings. The Balaban J connectivity index is 2.24. The van der Waals surface area contributed by atoms with Crippen molar-refractivity contribution in [3.05, 3.63) is 64.2 Å². The largest absolute Gasteiger partial charge is 0.507 e. The van der Waals surface area contributed by atoms with E-state index in [9.17, 15) is 9.90 Å². The van der Waals surface area contributed by atoms with E-state index >= 15 is 0 Å². The van der Waals surface area contributed by atoms with Gasteiger partial charge in [0, 0.05) is 16.3 Å². The summed E-state index contributed by atoms with van der Waals surface area (Å²) >= 11 is 6.00. The lowest BCUT2D eigenvalue weighted by Gasteiger charge is -2.06. The minimum Gasteiger partial charge on any atom is -0.507 e. The van der Waals surface area contributed by atoms with Gasteiger partial charge in [-0.25, -0.2) is 0 Å². The van der Waals surface area contributed by atoms with Crippen molar-refractivity contribution >= 4 is 29.3 Å². The number of carbonyl (C=O) groups excluding carboxylic acids is 1. The molecule has 2 aromatic rings. The number of para-hydroxylation sites is 1. The summed E-state index contributed by atoms with van der Waals surface area (Å²) in [6.45, 7) is 1.85. The van der Waals surface area contributed by atoms with Crippen LogP contribution in [-0.2, 0) is 4.79 Å². The SMILES string of the molecule is Cc1ccc(NC(=O)/C(C#N)=C/c2ccccc2O)cc1Cl. The average Bonchev–Trinajstić information content (AvgIpc) is 2.50. The maximum atomic E-state index is 12.1. The lowest BCUT2D eigenvalue weighted by Crippen LogP contribution is -2.13. The Hall–Kier alpha value is -2.77. The number of aromatic hydroxyl groups is 1. The molecule has 4 nitrogen and oxygen atoms in total. The van der Waals surface area contributed by atoms with E-state index in [1.54, 1.807) is 36.4 Å². The molecule has 0 radical (unpaired) electrons. The molecule has 0 aliphatic heterocycles. The fraction of sp³-hybridized carbons (Fsp3) is 0.0588. The van der Waals surface area contributed by atoms with E-state index in [1.807, 2.05) is 13.0 Å². The fourth-order valence-corrected chi connectivity index (χ4v) is 1.96. The predicted octanol–water partition coefficient (Wildman–Crippen LogP) is 3.90. The Morgan fingerprint density at radius 3 is 2.68 bits per heavy atom. The van der Waals surface area contributed by atoms with Crippen molar-refractivity contribution in [3.63, 3.8) is 0 Å². The number of halogens is 1. The summed E-state index contributed by atoms with van der Waals surface area (Å²) in [5.41, 5.74) is 1.68. The first kappa shape index (κ1) is 15.6. The predicted molar refractivity (Wildman–Crippen MR) is 86.5 cm³/mol. The van der Waals surface area contributed by atoms with E-state index in [1.165, 1.54) is 12.1 Å². The van der Waals surface area contributed by atoms with Crippen molar-refractivity contribution in [1.29, 1.82) is 5.26 Å². The Morgan fingerprint density at radius 1 is 1.32 bits per heavy atom. The molecule has 22 heavy (non-hydrogen) atoms. The third-order valence-electron chi connectivity index (χ3n) is 3.03. The number of amides is 1. The van der Waals surface area contributed by atoms with Gasteiger partial charge in [0.25, 0.3) is 5.91 Å². The Morgan fingerprint density at radius 2 is 2.05 bits per heavy atom. The number of rotatable bonds is 3. The third kappa shape index (κ3) is 3.66. The standard InChI is InChI=1S/C17H13ClN2O2/c1-11-6-7-14(9-15(11)18)20-17(22)13(10-19)8-12-4-2-3-5-16(12)21/h2-9,21H,1H3,(H,20,22)/b13-8+. The van der Waals surface area contributed by atoms with Crippen LogP contribution in [0.25, 0.3) is 6.08 Å². The van der Waals surface area contributed by atoms with Gasteiger partial charge in [0.15, 0.2) is 0 Å². The van der Waals surface area contributed by atoms with E-state index in [0.29, 0.717) is 16.3 Å². The number of anilines is 1. The number of aryl methyl sites for hydroxylation is 1.